The fourth-order valence-corrected chi connectivity index (χ4v) is 5.09. The Bertz CT molecular complexity index is 741. The van der Waals surface area contributed by atoms with E-state index in [1.807, 2.05) is 12.2 Å². The highest BCUT2D eigenvalue weighted by molar-refractivity contribution is 6.30. The van der Waals surface area contributed by atoms with Gasteiger partial charge >= 0.3 is 0 Å². The third kappa shape index (κ3) is 8.07. The Morgan fingerprint density at radius 1 is 1.10 bits per heavy atom. The molecule has 0 saturated carbocycles. The van der Waals surface area contributed by atoms with E-state index >= 15 is 0 Å². The monoisotopic (exact) mass is 474 g/mol. The van der Waals surface area contributed by atoms with Crippen LogP contribution in [0, 0.1) is 11.3 Å². The molecule has 3 rings (SSSR count). The van der Waals surface area contributed by atoms with Crippen molar-refractivity contribution >= 4 is 29.1 Å². The number of hydrogen-bond donors (Lipinski definition) is 1. The SMILES string of the molecule is C.C[C@H](CN1CC[C@H](C2=CC=C(Cl)CC2)C(C)(C)C1)NC(=O)C1=CC=C(Cl)CC1.O.O. The van der Waals surface area contributed by atoms with E-state index in [0.717, 1.165) is 61.0 Å². The molecule has 0 bridgehead atoms. The van der Waals surface area contributed by atoms with Gasteiger partial charge in [-0.15, -0.1) is 0 Å². The predicted octanol–water partition coefficient (Wildman–Crippen LogP) is 4.51. The first-order valence-corrected chi connectivity index (χ1v) is 11.1. The molecular formula is C24H40Cl2N2O3. The molecular weight excluding hydrogens is 435 g/mol. The van der Waals surface area contributed by atoms with E-state index < -0.39 is 0 Å². The Morgan fingerprint density at radius 2 is 1.71 bits per heavy atom. The molecule has 1 amide bonds. The van der Waals surface area contributed by atoms with Crippen molar-refractivity contribution in [3.63, 3.8) is 0 Å². The lowest BCUT2D eigenvalue weighted by Crippen LogP contribution is -2.51. The fourth-order valence-electron chi connectivity index (χ4n) is 4.78. The standard InChI is InChI=1S/C23H32Cl2N2O.CH4.2H2O/c1-16(26-22(28)18-6-10-20(25)11-7-18)14-27-13-12-21(23(2,3)15-27)17-4-8-19(24)9-5-17;;;/h4,6,8,10,16,21H,5,7,9,11-15H2,1-3H3,(H,26,28);1H4;2*1H2/t16-,21-;;;/m1.../s1. The van der Waals surface area contributed by atoms with Gasteiger partial charge in [-0.2, -0.15) is 0 Å². The molecule has 0 aromatic heterocycles. The van der Waals surface area contributed by atoms with Crippen LogP contribution in [-0.4, -0.2) is 47.4 Å². The minimum absolute atomic E-state index is 0. The molecule has 1 heterocycles. The Morgan fingerprint density at radius 3 is 2.23 bits per heavy atom. The van der Waals surface area contributed by atoms with Crippen molar-refractivity contribution in [1.82, 2.24) is 10.2 Å². The second-order valence-electron chi connectivity index (χ2n) is 9.10. The summed E-state index contributed by atoms with van der Waals surface area (Å²) in [6.07, 6.45) is 12.7. The number of piperidine rings is 1. The van der Waals surface area contributed by atoms with Crippen LogP contribution in [0.3, 0.4) is 0 Å². The molecule has 7 heteroatoms. The van der Waals surface area contributed by atoms with Crippen LogP contribution in [0.15, 0.2) is 45.5 Å². The van der Waals surface area contributed by atoms with Crippen LogP contribution >= 0.6 is 23.2 Å². The van der Waals surface area contributed by atoms with Crippen molar-refractivity contribution < 1.29 is 15.7 Å². The number of carbonyl (C=O) groups is 1. The second kappa shape index (κ2) is 12.8. The maximum Gasteiger partial charge on any atom is 0.247 e. The zero-order chi connectivity index (χ0) is 20.3. The van der Waals surface area contributed by atoms with E-state index in [9.17, 15) is 4.79 Å². The van der Waals surface area contributed by atoms with Gasteiger partial charge < -0.3 is 21.2 Å². The number of halogens is 2. The van der Waals surface area contributed by atoms with Crippen molar-refractivity contribution in [3.8, 4) is 0 Å². The summed E-state index contributed by atoms with van der Waals surface area (Å²) in [5.41, 5.74) is 2.59. The van der Waals surface area contributed by atoms with Gasteiger partial charge in [0.05, 0.1) is 0 Å². The molecule has 1 saturated heterocycles. The molecule has 5 nitrogen and oxygen atoms in total. The number of amides is 1. The largest absolute Gasteiger partial charge is 0.412 e. The molecule has 2 aliphatic carbocycles. The zero-order valence-electron chi connectivity index (χ0n) is 18.2. The van der Waals surface area contributed by atoms with Crippen LogP contribution in [0.1, 0.15) is 60.3 Å². The molecule has 1 fully saturated rings. The third-order valence-corrected chi connectivity index (χ3v) is 6.82. The smallest absolute Gasteiger partial charge is 0.247 e. The van der Waals surface area contributed by atoms with Crippen LogP contribution in [0.2, 0.25) is 0 Å². The molecule has 2 atom stereocenters. The number of carbonyl (C=O) groups excluding carboxylic acids is 1. The van der Waals surface area contributed by atoms with Gasteiger partial charge in [0.1, 0.15) is 0 Å². The lowest BCUT2D eigenvalue weighted by atomic mass is 9.68. The minimum Gasteiger partial charge on any atom is -0.412 e. The maximum absolute atomic E-state index is 12.5. The molecule has 1 aliphatic heterocycles. The highest BCUT2D eigenvalue weighted by Crippen LogP contribution is 2.42. The first-order chi connectivity index (χ1) is 13.2. The fraction of sp³-hybridized carbons (Fsp3) is 0.625. The molecule has 0 unspecified atom stereocenters. The summed E-state index contributed by atoms with van der Waals surface area (Å²) in [6.45, 7) is 9.85. The van der Waals surface area contributed by atoms with Gasteiger partial charge in [0.25, 0.3) is 0 Å². The average Bonchev–Trinajstić information content (AvgIpc) is 2.62. The van der Waals surface area contributed by atoms with E-state index in [1.54, 1.807) is 5.57 Å². The minimum atomic E-state index is 0. The van der Waals surface area contributed by atoms with Crippen LogP contribution < -0.4 is 5.32 Å². The average molecular weight is 476 g/mol. The van der Waals surface area contributed by atoms with Gasteiger partial charge in [-0.25, -0.2) is 0 Å². The Labute approximate surface area is 197 Å². The molecule has 178 valence electrons. The second-order valence-corrected chi connectivity index (χ2v) is 10.1. The quantitative estimate of drug-likeness (QED) is 0.633. The van der Waals surface area contributed by atoms with Crippen LogP contribution in [0.25, 0.3) is 0 Å². The number of nitrogens with zero attached hydrogens (tertiary/aromatic N) is 1. The summed E-state index contributed by atoms with van der Waals surface area (Å²) in [7, 11) is 0. The lowest BCUT2D eigenvalue weighted by Gasteiger charge is -2.46. The molecule has 5 N–H and O–H groups in total. The number of likely N-dealkylation sites (tertiary alicyclic amines) is 1. The number of hydrogen-bond acceptors (Lipinski definition) is 2. The lowest BCUT2D eigenvalue weighted by molar-refractivity contribution is -0.118. The van der Waals surface area contributed by atoms with Crippen molar-refractivity contribution in [2.45, 2.75) is 66.3 Å². The van der Waals surface area contributed by atoms with E-state index in [1.165, 1.54) is 6.42 Å². The number of rotatable bonds is 5. The summed E-state index contributed by atoms with van der Waals surface area (Å²) in [6, 6.07) is 0.123. The third-order valence-electron chi connectivity index (χ3n) is 6.19. The van der Waals surface area contributed by atoms with E-state index in [0.29, 0.717) is 5.92 Å². The topological polar surface area (TPSA) is 95.3 Å². The summed E-state index contributed by atoms with van der Waals surface area (Å²) < 4.78 is 0. The first kappa shape index (κ1) is 29.9. The summed E-state index contributed by atoms with van der Waals surface area (Å²) in [5.74, 6) is 0.650. The Hall–Kier alpha value is -1.11. The van der Waals surface area contributed by atoms with Gasteiger partial charge in [0.15, 0.2) is 0 Å². The van der Waals surface area contributed by atoms with E-state index in [4.69, 9.17) is 23.2 Å². The molecule has 0 aromatic carbocycles. The first-order valence-electron chi connectivity index (χ1n) is 10.4. The predicted molar refractivity (Wildman–Crippen MR) is 132 cm³/mol. The molecule has 0 radical (unpaired) electrons. The maximum atomic E-state index is 12.5. The summed E-state index contributed by atoms with van der Waals surface area (Å²) >= 11 is 12.1. The summed E-state index contributed by atoms with van der Waals surface area (Å²) in [5, 5.41) is 4.95. The van der Waals surface area contributed by atoms with E-state index in [-0.39, 0.29) is 35.7 Å². The Balaban J connectivity index is 0.00000300. The Kier molecular flexibility index (Phi) is 12.3. The normalized spacial score (nSPS) is 24.0. The molecule has 0 aromatic rings. The molecule has 0 spiro atoms. The van der Waals surface area contributed by atoms with E-state index in [2.05, 4.69) is 43.1 Å². The van der Waals surface area contributed by atoms with Crippen molar-refractivity contribution in [3.05, 3.63) is 45.5 Å². The summed E-state index contributed by atoms with van der Waals surface area (Å²) in [4.78, 5) is 15.0. The highest BCUT2D eigenvalue weighted by Gasteiger charge is 2.38. The van der Waals surface area contributed by atoms with Gasteiger partial charge in [-0.05, 0) is 69.1 Å². The highest BCUT2D eigenvalue weighted by atomic mass is 35.5. The number of nitrogens with one attached hydrogen (secondary N) is 1. The van der Waals surface area contributed by atoms with Crippen molar-refractivity contribution in [2.24, 2.45) is 11.3 Å². The van der Waals surface area contributed by atoms with Crippen LogP contribution in [0.4, 0.5) is 0 Å². The van der Waals surface area contributed by atoms with Crippen molar-refractivity contribution in [2.75, 3.05) is 19.6 Å². The van der Waals surface area contributed by atoms with Gasteiger partial charge in [0.2, 0.25) is 5.91 Å². The van der Waals surface area contributed by atoms with Crippen LogP contribution in [-0.2, 0) is 4.79 Å². The van der Waals surface area contributed by atoms with Gasteiger partial charge in [-0.3, -0.25) is 4.79 Å². The van der Waals surface area contributed by atoms with Crippen LogP contribution in [0.5, 0.6) is 0 Å². The molecule has 3 aliphatic rings. The number of allylic oxidation sites excluding steroid dienone is 7. The van der Waals surface area contributed by atoms with Gasteiger partial charge in [0, 0.05) is 34.8 Å². The molecule has 31 heavy (non-hydrogen) atoms. The van der Waals surface area contributed by atoms with Gasteiger partial charge in [-0.1, -0.05) is 62.2 Å². The van der Waals surface area contributed by atoms with Crippen molar-refractivity contribution in [1.29, 1.82) is 0 Å². The zero-order valence-corrected chi connectivity index (χ0v) is 19.7.